The number of hydrogen-bond donors (Lipinski definition) is 1. The van der Waals surface area contributed by atoms with Gasteiger partial charge in [-0.25, -0.2) is 4.79 Å². The van der Waals surface area contributed by atoms with E-state index in [1.807, 2.05) is 30.3 Å². The Hall–Kier alpha value is -2.00. The van der Waals surface area contributed by atoms with E-state index >= 15 is 0 Å². The van der Waals surface area contributed by atoms with Crippen LogP contribution in [0, 0.1) is 0 Å². The molecule has 2 aromatic carbocycles. The molecule has 90 valence electrons. The van der Waals surface area contributed by atoms with E-state index in [1.165, 1.54) is 0 Å². The maximum atomic E-state index is 11.9. The molecule has 0 fully saturated rings. The SMILES string of the molecule is O=C1O[C@@H](c2ccccc2)Nc2ccc(Cl)cc21. The molecular formula is C14H10ClNO2. The summed E-state index contributed by atoms with van der Waals surface area (Å²) in [4.78, 5) is 11.9. The molecule has 0 saturated heterocycles. The van der Waals surface area contributed by atoms with Gasteiger partial charge in [0.25, 0.3) is 0 Å². The highest BCUT2D eigenvalue weighted by atomic mass is 35.5. The summed E-state index contributed by atoms with van der Waals surface area (Å²) in [6, 6.07) is 14.7. The van der Waals surface area contributed by atoms with Gasteiger partial charge < -0.3 is 10.1 Å². The number of nitrogens with one attached hydrogen (secondary N) is 1. The lowest BCUT2D eigenvalue weighted by Gasteiger charge is -2.27. The number of halogens is 1. The van der Waals surface area contributed by atoms with Gasteiger partial charge in [-0.2, -0.15) is 0 Å². The van der Waals surface area contributed by atoms with Gasteiger partial charge in [0, 0.05) is 10.6 Å². The zero-order valence-electron chi connectivity index (χ0n) is 9.39. The first-order valence-electron chi connectivity index (χ1n) is 5.56. The third kappa shape index (κ3) is 1.93. The zero-order chi connectivity index (χ0) is 12.5. The lowest BCUT2D eigenvalue weighted by Crippen LogP contribution is -2.25. The molecule has 0 aromatic heterocycles. The Morgan fingerprint density at radius 3 is 2.67 bits per heavy atom. The van der Waals surface area contributed by atoms with Crippen LogP contribution in [0.2, 0.25) is 5.02 Å². The number of hydrogen-bond acceptors (Lipinski definition) is 3. The normalized spacial score (nSPS) is 17.6. The topological polar surface area (TPSA) is 38.3 Å². The van der Waals surface area contributed by atoms with Gasteiger partial charge in [0.15, 0.2) is 6.23 Å². The fourth-order valence-corrected chi connectivity index (χ4v) is 2.10. The Bertz CT molecular complexity index is 598. The van der Waals surface area contributed by atoms with Crippen LogP contribution < -0.4 is 5.32 Å². The number of benzene rings is 2. The minimum absolute atomic E-state index is 0.361. The standard InChI is InChI=1S/C14H10ClNO2/c15-10-6-7-12-11(8-10)14(17)18-13(16-12)9-4-2-1-3-5-9/h1-8,13,16H/t13-/m0/s1. The quantitative estimate of drug-likeness (QED) is 0.795. The van der Waals surface area contributed by atoms with Crippen LogP contribution in [0.4, 0.5) is 5.69 Å². The van der Waals surface area contributed by atoms with E-state index in [9.17, 15) is 4.79 Å². The summed E-state index contributed by atoms with van der Waals surface area (Å²) in [7, 11) is 0. The van der Waals surface area contributed by atoms with Crippen molar-refractivity contribution in [2.45, 2.75) is 6.23 Å². The molecule has 0 saturated carbocycles. The first-order valence-corrected chi connectivity index (χ1v) is 5.94. The summed E-state index contributed by atoms with van der Waals surface area (Å²) >= 11 is 5.86. The largest absolute Gasteiger partial charge is 0.434 e. The van der Waals surface area contributed by atoms with Gasteiger partial charge in [-0.3, -0.25) is 0 Å². The van der Waals surface area contributed by atoms with Crippen LogP contribution in [0.15, 0.2) is 48.5 Å². The van der Waals surface area contributed by atoms with Crippen LogP contribution >= 0.6 is 11.6 Å². The summed E-state index contributed by atoms with van der Waals surface area (Å²) in [5.74, 6) is -0.361. The Morgan fingerprint density at radius 2 is 1.89 bits per heavy atom. The molecular weight excluding hydrogens is 250 g/mol. The maximum Gasteiger partial charge on any atom is 0.342 e. The van der Waals surface area contributed by atoms with Gasteiger partial charge >= 0.3 is 5.97 Å². The monoisotopic (exact) mass is 259 g/mol. The van der Waals surface area contributed by atoms with E-state index < -0.39 is 6.23 Å². The Morgan fingerprint density at radius 1 is 1.11 bits per heavy atom. The number of anilines is 1. The molecule has 4 heteroatoms. The first-order chi connectivity index (χ1) is 8.74. The molecule has 3 rings (SSSR count). The van der Waals surface area contributed by atoms with Crippen molar-refractivity contribution in [1.82, 2.24) is 0 Å². The molecule has 1 aliphatic heterocycles. The van der Waals surface area contributed by atoms with Gasteiger partial charge in [0.2, 0.25) is 0 Å². The Labute approximate surface area is 109 Å². The fraction of sp³-hybridized carbons (Fsp3) is 0.0714. The molecule has 18 heavy (non-hydrogen) atoms. The smallest absolute Gasteiger partial charge is 0.342 e. The van der Waals surface area contributed by atoms with E-state index in [-0.39, 0.29) is 5.97 Å². The molecule has 0 radical (unpaired) electrons. The predicted molar refractivity (Wildman–Crippen MR) is 69.7 cm³/mol. The lowest BCUT2D eigenvalue weighted by atomic mass is 10.1. The minimum Gasteiger partial charge on any atom is -0.434 e. The number of cyclic esters (lactones) is 1. The van der Waals surface area contributed by atoms with E-state index in [1.54, 1.807) is 18.2 Å². The van der Waals surface area contributed by atoms with Gasteiger partial charge in [-0.05, 0) is 18.2 Å². The van der Waals surface area contributed by atoms with Crippen LogP contribution in [0.1, 0.15) is 22.1 Å². The second kappa shape index (κ2) is 4.35. The average molecular weight is 260 g/mol. The highest BCUT2D eigenvalue weighted by Crippen LogP contribution is 2.31. The van der Waals surface area contributed by atoms with Crippen molar-refractivity contribution in [1.29, 1.82) is 0 Å². The number of carbonyl (C=O) groups excluding carboxylic acids is 1. The minimum atomic E-state index is -0.452. The van der Waals surface area contributed by atoms with Crippen LogP contribution in [0.5, 0.6) is 0 Å². The van der Waals surface area contributed by atoms with Gasteiger partial charge in [0.1, 0.15) is 0 Å². The first kappa shape index (κ1) is 11.1. The second-order valence-electron chi connectivity index (χ2n) is 4.03. The van der Waals surface area contributed by atoms with Gasteiger partial charge in [0.05, 0.1) is 11.3 Å². The number of esters is 1. The second-order valence-corrected chi connectivity index (χ2v) is 4.47. The predicted octanol–water partition coefficient (Wildman–Crippen LogP) is 3.62. The summed E-state index contributed by atoms with van der Waals surface area (Å²) in [5.41, 5.74) is 2.12. The van der Waals surface area contributed by atoms with Crippen molar-refractivity contribution < 1.29 is 9.53 Å². The van der Waals surface area contributed by atoms with Crippen molar-refractivity contribution >= 4 is 23.3 Å². The maximum absolute atomic E-state index is 11.9. The van der Waals surface area contributed by atoms with Crippen LogP contribution in [-0.4, -0.2) is 5.97 Å². The molecule has 2 aromatic rings. The van der Waals surface area contributed by atoms with Crippen LogP contribution in [0.3, 0.4) is 0 Å². The van der Waals surface area contributed by atoms with Crippen molar-refractivity contribution in [2.24, 2.45) is 0 Å². The number of fused-ring (bicyclic) bond motifs is 1. The molecule has 0 amide bonds. The zero-order valence-corrected chi connectivity index (χ0v) is 10.1. The molecule has 3 nitrogen and oxygen atoms in total. The third-order valence-electron chi connectivity index (χ3n) is 2.82. The lowest BCUT2D eigenvalue weighted by molar-refractivity contribution is 0.0330. The van der Waals surface area contributed by atoms with Crippen molar-refractivity contribution in [3.05, 3.63) is 64.7 Å². The van der Waals surface area contributed by atoms with Gasteiger partial charge in [-0.15, -0.1) is 0 Å². The van der Waals surface area contributed by atoms with Crippen molar-refractivity contribution in [3.8, 4) is 0 Å². The molecule has 0 aliphatic carbocycles. The summed E-state index contributed by atoms with van der Waals surface area (Å²) in [6.07, 6.45) is -0.452. The molecule has 0 bridgehead atoms. The molecule has 1 aliphatic rings. The van der Waals surface area contributed by atoms with Crippen molar-refractivity contribution in [2.75, 3.05) is 5.32 Å². The Balaban J connectivity index is 1.97. The van der Waals surface area contributed by atoms with E-state index in [2.05, 4.69) is 5.32 Å². The van der Waals surface area contributed by atoms with Crippen LogP contribution in [-0.2, 0) is 4.74 Å². The third-order valence-corrected chi connectivity index (χ3v) is 3.05. The van der Waals surface area contributed by atoms with Crippen LogP contribution in [0.25, 0.3) is 0 Å². The molecule has 0 unspecified atom stereocenters. The average Bonchev–Trinajstić information content (AvgIpc) is 2.40. The molecule has 1 heterocycles. The highest BCUT2D eigenvalue weighted by molar-refractivity contribution is 6.31. The van der Waals surface area contributed by atoms with Gasteiger partial charge in [-0.1, -0.05) is 41.9 Å². The summed E-state index contributed by atoms with van der Waals surface area (Å²) in [5, 5.41) is 3.69. The van der Waals surface area contributed by atoms with E-state index in [0.29, 0.717) is 10.6 Å². The van der Waals surface area contributed by atoms with E-state index in [0.717, 1.165) is 11.3 Å². The summed E-state index contributed by atoms with van der Waals surface area (Å²) < 4.78 is 5.35. The van der Waals surface area contributed by atoms with E-state index in [4.69, 9.17) is 16.3 Å². The van der Waals surface area contributed by atoms with Crippen molar-refractivity contribution in [3.63, 3.8) is 0 Å². The fourth-order valence-electron chi connectivity index (χ4n) is 1.93. The number of rotatable bonds is 1. The molecule has 1 atom stereocenters. The molecule has 0 spiro atoms. The highest BCUT2D eigenvalue weighted by Gasteiger charge is 2.26. The number of carbonyl (C=O) groups is 1. The Kier molecular flexibility index (Phi) is 2.68. The number of ether oxygens (including phenoxy) is 1. The molecule has 1 N–H and O–H groups in total. The summed E-state index contributed by atoms with van der Waals surface area (Å²) in [6.45, 7) is 0.